The van der Waals surface area contributed by atoms with E-state index in [0.717, 1.165) is 85.1 Å². The zero-order valence-corrected chi connectivity index (χ0v) is 23.6. The van der Waals surface area contributed by atoms with Crippen molar-refractivity contribution >= 4 is 22.5 Å². The normalized spacial score (nSPS) is 18.9. The topological polar surface area (TPSA) is 80.9 Å². The zero-order chi connectivity index (χ0) is 28.4. The SMILES string of the molecule is Cc1nnc(C2CC2)n1-c1cc(F)ccc1-n1cc(C2CCCN(Cc3ccc4c(c3)NC(=O)C4)C2)c2ccncc21. The molecule has 1 N–H and O–H groups in total. The monoisotopic (exact) mass is 561 g/mol. The van der Waals surface area contributed by atoms with E-state index in [4.69, 9.17) is 0 Å². The van der Waals surface area contributed by atoms with E-state index in [1.54, 1.807) is 6.07 Å². The van der Waals surface area contributed by atoms with Crippen LogP contribution in [0.15, 0.2) is 61.1 Å². The molecule has 9 heteroatoms. The third kappa shape index (κ3) is 4.39. The van der Waals surface area contributed by atoms with Gasteiger partial charge in [-0.05, 0) is 86.0 Å². The van der Waals surface area contributed by atoms with Crippen molar-refractivity contribution in [2.75, 3.05) is 18.4 Å². The number of likely N-dealkylation sites (tertiary alicyclic amines) is 1. The second-order valence-electron chi connectivity index (χ2n) is 12.0. The largest absolute Gasteiger partial charge is 0.326 e. The first kappa shape index (κ1) is 25.3. The number of aromatic nitrogens is 5. The highest BCUT2D eigenvalue weighted by Gasteiger charge is 2.32. The van der Waals surface area contributed by atoms with Crippen molar-refractivity contribution < 1.29 is 9.18 Å². The van der Waals surface area contributed by atoms with Crippen molar-refractivity contribution in [2.24, 2.45) is 0 Å². The number of halogens is 1. The Hall–Kier alpha value is -4.37. The van der Waals surface area contributed by atoms with Crippen LogP contribution in [0, 0.1) is 12.7 Å². The molecule has 5 aromatic rings. The first-order valence-corrected chi connectivity index (χ1v) is 14.8. The molecule has 5 heterocycles. The van der Waals surface area contributed by atoms with Gasteiger partial charge in [0.05, 0.1) is 29.5 Å². The van der Waals surface area contributed by atoms with Gasteiger partial charge >= 0.3 is 0 Å². The Labute approximate surface area is 243 Å². The second-order valence-corrected chi connectivity index (χ2v) is 12.0. The number of carbonyl (C=O) groups excluding carboxylic acids is 1. The highest BCUT2D eigenvalue weighted by atomic mass is 19.1. The van der Waals surface area contributed by atoms with Gasteiger partial charge in [0.25, 0.3) is 0 Å². The van der Waals surface area contributed by atoms with Crippen molar-refractivity contribution in [1.82, 2.24) is 29.2 Å². The molecule has 1 atom stereocenters. The third-order valence-corrected chi connectivity index (χ3v) is 9.02. The number of benzene rings is 2. The smallest absolute Gasteiger partial charge is 0.228 e. The lowest BCUT2D eigenvalue weighted by Crippen LogP contribution is -2.33. The van der Waals surface area contributed by atoms with Crippen LogP contribution in [0.2, 0.25) is 0 Å². The maximum atomic E-state index is 14.8. The maximum Gasteiger partial charge on any atom is 0.228 e. The van der Waals surface area contributed by atoms with Crippen LogP contribution in [0.1, 0.15) is 65.9 Å². The van der Waals surface area contributed by atoms with Gasteiger partial charge in [0.15, 0.2) is 0 Å². The molecular formula is C33H32FN7O. The van der Waals surface area contributed by atoms with Gasteiger partial charge in [0, 0.05) is 48.5 Å². The minimum atomic E-state index is -0.285. The summed E-state index contributed by atoms with van der Waals surface area (Å²) in [5.74, 6) is 2.17. The highest BCUT2D eigenvalue weighted by molar-refractivity contribution is 5.99. The van der Waals surface area contributed by atoms with Gasteiger partial charge in [-0.15, -0.1) is 10.2 Å². The number of pyridine rings is 1. The summed E-state index contributed by atoms with van der Waals surface area (Å²) in [5.41, 5.74) is 7.17. The van der Waals surface area contributed by atoms with Crippen LogP contribution in [0.4, 0.5) is 10.1 Å². The number of nitrogens with zero attached hydrogens (tertiary/aromatic N) is 6. The molecule has 1 saturated carbocycles. The average molecular weight is 562 g/mol. The Balaban J connectivity index is 1.15. The molecule has 3 aliphatic rings. The van der Waals surface area contributed by atoms with E-state index in [0.29, 0.717) is 18.3 Å². The highest BCUT2D eigenvalue weighted by Crippen LogP contribution is 2.42. The van der Waals surface area contributed by atoms with Crippen LogP contribution in [-0.4, -0.2) is 48.2 Å². The van der Waals surface area contributed by atoms with Gasteiger partial charge in [0.2, 0.25) is 5.91 Å². The van der Waals surface area contributed by atoms with Gasteiger partial charge in [-0.25, -0.2) is 4.39 Å². The molecule has 2 aromatic carbocycles. The minimum Gasteiger partial charge on any atom is -0.326 e. The molecule has 2 aliphatic heterocycles. The number of amides is 1. The van der Waals surface area contributed by atoms with Gasteiger partial charge in [-0.2, -0.15) is 0 Å². The molecule has 2 fully saturated rings. The first-order chi connectivity index (χ1) is 20.5. The van der Waals surface area contributed by atoms with Crippen LogP contribution >= 0.6 is 0 Å². The van der Waals surface area contributed by atoms with Crippen LogP contribution < -0.4 is 5.32 Å². The number of carbonyl (C=O) groups is 1. The molecule has 3 aromatic heterocycles. The van der Waals surface area contributed by atoms with Crippen LogP contribution in [0.25, 0.3) is 22.3 Å². The Bertz CT molecular complexity index is 1850. The molecule has 0 bridgehead atoms. The number of piperidine rings is 1. The fraction of sp³-hybridized carbons (Fsp3) is 0.333. The molecule has 0 radical (unpaired) electrons. The molecule has 0 spiro atoms. The molecule has 42 heavy (non-hydrogen) atoms. The van der Waals surface area contributed by atoms with E-state index in [9.17, 15) is 9.18 Å². The fourth-order valence-electron chi connectivity index (χ4n) is 6.86. The standard InChI is InChI=1S/C33H32FN7O/c1-20-37-38-33(22-6-7-22)41(20)30-15-25(34)8-9-29(30)40-19-27(26-10-11-35-16-31(26)40)24-3-2-12-39(18-24)17-21-4-5-23-14-32(42)36-28(23)13-21/h4-5,8-11,13,15-16,19,22,24H,2-3,6-7,12,14,17-18H2,1H3,(H,36,42). The Morgan fingerprint density at radius 2 is 1.93 bits per heavy atom. The second kappa shape index (κ2) is 9.87. The zero-order valence-electron chi connectivity index (χ0n) is 23.6. The number of hydrogen-bond acceptors (Lipinski definition) is 5. The summed E-state index contributed by atoms with van der Waals surface area (Å²) in [4.78, 5) is 18.8. The van der Waals surface area contributed by atoms with Gasteiger partial charge in [0.1, 0.15) is 17.5 Å². The van der Waals surface area contributed by atoms with Crippen molar-refractivity contribution in [3.63, 3.8) is 0 Å². The molecule has 8 rings (SSSR count). The van der Waals surface area contributed by atoms with Gasteiger partial charge in [-0.1, -0.05) is 12.1 Å². The number of nitrogens with one attached hydrogen (secondary N) is 1. The summed E-state index contributed by atoms with van der Waals surface area (Å²) in [6.07, 6.45) is 10.8. The van der Waals surface area contributed by atoms with E-state index in [1.807, 2.05) is 30.0 Å². The van der Waals surface area contributed by atoms with Crippen molar-refractivity contribution in [3.05, 3.63) is 95.2 Å². The number of hydrogen-bond donors (Lipinski definition) is 1. The quantitative estimate of drug-likeness (QED) is 0.283. The number of fused-ring (bicyclic) bond motifs is 2. The first-order valence-electron chi connectivity index (χ1n) is 14.8. The van der Waals surface area contributed by atoms with E-state index < -0.39 is 0 Å². The van der Waals surface area contributed by atoms with E-state index >= 15 is 0 Å². The van der Waals surface area contributed by atoms with Gasteiger partial charge < -0.3 is 9.88 Å². The van der Waals surface area contributed by atoms with E-state index in [2.05, 4.69) is 60.4 Å². The van der Waals surface area contributed by atoms with Crippen molar-refractivity contribution in [3.8, 4) is 11.4 Å². The Morgan fingerprint density at radius 1 is 1.02 bits per heavy atom. The predicted octanol–water partition coefficient (Wildman–Crippen LogP) is 5.81. The summed E-state index contributed by atoms with van der Waals surface area (Å²) in [6.45, 7) is 4.76. The lowest BCUT2D eigenvalue weighted by molar-refractivity contribution is -0.115. The van der Waals surface area contributed by atoms with E-state index in [1.165, 1.54) is 22.6 Å². The van der Waals surface area contributed by atoms with E-state index in [-0.39, 0.29) is 11.7 Å². The van der Waals surface area contributed by atoms with Crippen LogP contribution in [0.5, 0.6) is 0 Å². The lowest BCUT2D eigenvalue weighted by Gasteiger charge is -2.33. The summed E-state index contributed by atoms with van der Waals surface area (Å²) in [6, 6.07) is 13.4. The molecular weight excluding hydrogens is 529 g/mol. The third-order valence-electron chi connectivity index (χ3n) is 9.02. The van der Waals surface area contributed by atoms with Crippen LogP contribution in [-0.2, 0) is 17.8 Å². The molecule has 1 saturated heterocycles. The molecule has 212 valence electrons. The molecule has 1 aliphatic carbocycles. The lowest BCUT2D eigenvalue weighted by atomic mass is 9.90. The minimum absolute atomic E-state index is 0.0682. The number of rotatable bonds is 6. The van der Waals surface area contributed by atoms with Crippen LogP contribution in [0.3, 0.4) is 0 Å². The Kier molecular flexibility index (Phi) is 5.96. The predicted molar refractivity (Wildman–Crippen MR) is 159 cm³/mol. The average Bonchev–Trinajstić information content (AvgIpc) is 3.50. The molecule has 1 unspecified atom stereocenters. The summed E-state index contributed by atoms with van der Waals surface area (Å²) < 4.78 is 19.0. The maximum absolute atomic E-state index is 14.8. The summed E-state index contributed by atoms with van der Waals surface area (Å²) >= 11 is 0. The van der Waals surface area contributed by atoms with Crippen molar-refractivity contribution in [1.29, 1.82) is 0 Å². The van der Waals surface area contributed by atoms with Crippen molar-refractivity contribution in [2.45, 2.75) is 57.4 Å². The Morgan fingerprint density at radius 3 is 2.81 bits per heavy atom. The molecule has 1 amide bonds. The molecule has 8 nitrogen and oxygen atoms in total. The van der Waals surface area contributed by atoms with Gasteiger partial charge in [-0.3, -0.25) is 19.2 Å². The summed E-state index contributed by atoms with van der Waals surface area (Å²) in [5, 5.41) is 13.0. The number of anilines is 1. The number of aryl methyl sites for hydroxylation is 1. The fourth-order valence-corrected chi connectivity index (χ4v) is 6.86. The summed E-state index contributed by atoms with van der Waals surface area (Å²) in [7, 11) is 0.